The molecular formula is C13H15FO. The summed E-state index contributed by atoms with van der Waals surface area (Å²) < 4.78 is 12.9. The molecule has 0 saturated heterocycles. The van der Waals surface area contributed by atoms with E-state index >= 15 is 0 Å². The molecule has 1 saturated carbocycles. The topological polar surface area (TPSA) is 17.1 Å². The molecule has 0 spiro atoms. The Balaban J connectivity index is 2.20. The number of halogens is 1. The van der Waals surface area contributed by atoms with Gasteiger partial charge in [-0.25, -0.2) is 4.39 Å². The minimum atomic E-state index is -0.271. The van der Waals surface area contributed by atoms with E-state index in [1.807, 2.05) is 0 Å². The van der Waals surface area contributed by atoms with Crippen LogP contribution in [0.25, 0.3) is 0 Å². The molecule has 2 unspecified atom stereocenters. The summed E-state index contributed by atoms with van der Waals surface area (Å²) in [7, 11) is 0. The van der Waals surface area contributed by atoms with Crippen LogP contribution in [-0.4, -0.2) is 5.78 Å². The van der Waals surface area contributed by atoms with E-state index in [4.69, 9.17) is 0 Å². The van der Waals surface area contributed by atoms with Crippen LogP contribution >= 0.6 is 0 Å². The zero-order chi connectivity index (χ0) is 11.0. The van der Waals surface area contributed by atoms with Crippen molar-refractivity contribution in [2.24, 2.45) is 11.8 Å². The third kappa shape index (κ3) is 1.94. The summed E-state index contributed by atoms with van der Waals surface area (Å²) in [5.74, 6) is 0.673. The van der Waals surface area contributed by atoms with Gasteiger partial charge in [-0.2, -0.15) is 0 Å². The smallest absolute Gasteiger partial charge is 0.166 e. The Bertz CT molecular complexity index is 398. The third-order valence-corrected chi connectivity index (χ3v) is 3.24. The Hall–Kier alpha value is -1.18. The molecule has 15 heavy (non-hydrogen) atoms. The second kappa shape index (κ2) is 3.76. The van der Waals surface area contributed by atoms with Crippen LogP contribution in [0, 0.1) is 24.6 Å². The van der Waals surface area contributed by atoms with Gasteiger partial charge in [-0.05, 0) is 43.0 Å². The second-order valence-corrected chi connectivity index (χ2v) is 4.33. The molecule has 1 aromatic rings. The maximum Gasteiger partial charge on any atom is 0.166 e. The highest BCUT2D eigenvalue weighted by Gasteiger charge is 2.41. The number of ketones is 1. The van der Waals surface area contributed by atoms with Crippen molar-refractivity contribution in [2.75, 3.05) is 0 Å². The number of rotatable bonds is 3. The normalized spacial score (nSPS) is 23.9. The van der Waals surface area contributed by atoms with E-state index in [2.05, 4.69) is 6.92 Å². The molecule has 0 radical (unpaired) electrons. The van der Waals surface area contributed by atoms with Crippen molar-refractivity contribution in [3.05, 3.63) is 35.1 Å². The molecule has 0 heterocycles. The molecule has 2 heteroatoms. The number of aryl methyl sites for hydroxylation is 1. The van der Waals surface area contributed by atoms with E-state index in [-0.39, 0.29) is 17.5 Å². The highest BCUT2D eigenvalue weighted by molar-refractivity contribution is 6.00. The molecule has 2 atom stereocenters. The maximum absolute atomic E-state index is 12.9. The lowest BCUT2D eigenvalue weighted by molar-refractivity contribution is 0.0960. The number of hydrogen-bond acceptors (Lipinski definition) is 1. The summed E-state index contributed by atoms with van der Waals surface area (Å²) >= 11 is 0. The first kappa shape index (κ1) is 10.3. The van der Waals surface area contributed by atoms with Crippen LogP contribution in [-0.2, 0) is 0 Å². The molecule has 80 valence electrons. The van der Waals surface area contributed by atoms with E-state index < -0.39 is 0 Å². The lowest BCUT2D eigenvalue weighted by Gasteiger charge is -2.04. The molecule has 0 aromatic heterocycles. The van der Waals surface area contributed by atoms with Crippen LogP contribution in [0.5, 0.6) is 0 Å². The molecule has 2 rings (SSSR count). The van der Waals surface area contributed by atoms with Crippen LogP contribution < -0.4 is 0 Å². The summed E-state index contributed by atoms with van der Waals surface area (Å²) in [6.45, 7) is 3.90. The van der Waals surface area contributed by atoms with Gasteiger partial charge in [0, 0.05) is 11.5 Å². The fourth-order valence-corrected chi connectivity index (χ4v) is 2.12. The van der Waals surface area contributed by atoms with Gasteiger partial charge in [-0.15, -0.1) is 0 Å². The first-order valence-corrected chi connectivity index (χ1v) is 5.44. The van der Waals surface area contributed by atoms with E-state index in [0.717, 1.165) is 18.4 Å². The average molecular weight is 206 g/mol. The van der Waals surface area contributed by atoms with Gasteiger partial charge in [-0.3, -0.25) is 4.79 Å². The number of hydrogen-bond donors (Lipinski definition) is 0. The first-order chi connectivity index (χ1) is 7.13. The van der Waals surface area contributed by atoms with Gasteiger partial charge < -0.3 is 0 Å². The summed E-state index contributed by atoms with van der Waals surface area (Å²) in [6, 6.07) is 4.40. The van der Waals surface area contributed by atoms with Gasteiger partial charge in [0.25, 0.3) is 0 Å². The van der Waals surface area contributed by atoms with Crippen molar-refractivity contribution in [1.29, 1.82) is 0 Å². The van der Waals surface area contributed by atoms with Crippen molar-refractivity contribution in [2.45, 2.75) is 26.7 Å². The molecule has 1 nitrogen and oxygen atoms in total. The molecule has 1 aliphatic rings. The summed E-state index contributed by atoms with van der Waals surface area (Å²) in [5, 5.41) is 0. The van der Waals surface area contributed by atoms with Gasteiger partial charge in [-0.1, -0.05) is 13.3 Å². The van der Waals surface area contributed by atoms with Gasteiger partial charge in [0.15, 0.2) is 5.78 Å². The molecule has 1 aliphatic carbocycles. The van der Waals surface area contributed by atoms with Crippen molar-refractivity contribution in [1.82, 2.24) is 0 Å². The number of benzene rings is 1. The predicted octanol–water partition coefficient (Wildman–Crippen LogP) is 3.36. The second-order valence-electron chi connectivity index (χ2n) is 4.33. The number of carbonyl (C=O) groups excluding carboxylic acids is 1. The minimum Gasteiger partial charge on any atom is -0.294 e. The number of carbonyl (C=O) groups is 1. The SMILES string of the molecule is CCC1CC1C(=O)c1ccc(F)cc1C. The lowest BCUT2D eigenvalue weighted by Crippen LogP contribution is -2.05. The fraction of sp³-hybridized carbons (Fsp3) is 0.462. The van der Waals surface area contributed by atoms with E-state index in [1.165, 1.54) is 12.1 Å². The van der Waals surface area contributed by atoms with Gasteiger partial charge >= 0.3 is 0 Å². The molecule has 0 N–H and O–H groups in total. The number of Topliss-reactive ketones (excluding diaryl/α,β-unsaturated/α-hetero) is 1. The lowest BCUT2D eigenvalue weighted by atomic mass is 10.0. The summed E-state index contributed by atoms with van der Waals surface area (Å²) in [6.07, 6.45) is 2.07. The molecule has 1 aromatic carbocycles. The minimum absolute atomic E-state index is 0.194. The van der Waals surface area contributed by atoms with Gasteiger partial charge in [0.2, 0.25) is 0 Å². The average Bonchev–Trinajstić information content (AvgIpc) is 2.95. The summed E-state index contributed by atoms with van der Waals surface area (Å²) in [5.41, 5.74) is 1.44. The Labute approximate surface area is 89.3 Å². The quantitative estimate of drug-likeness (QED) is 0.693. The Kier molecular flexibility index (Phi) is 2.59. The van der Waals surface area contributed by atoms with Crippen molar-refractivity contribution >= 4 is 5.78 Å². The zero-order valence-electron chi connectivity index (χ0n) is 9.09. The summed E-state index contributed by atoms with van der Waals surface area (Å²) in [4.78, 5) is 12.0. The molecular weight excluding hydrogens is 191 g/mol. The Morgan fingerprint density at radius 3 is 2.80 bits per heavy atom. The van der Waals surface area contributed by atoms with E-state index in [1.54, 1.807) is 13.0 Å². The first-order valence-electron chi connectivity index (χ1n) is 5.44. The standard InChI is InChI=1S/C13H15FO/c1-3-9-7-12(9)13(15)11-5-4-10(14)6-8(11)2/h4-6,9,12H,3,7H2,1-2H3. The molecule has 1 fully saturated rings. The monoisotopic (exact) mass is 206 g/mol. The van der Waals surface area contributed by atoms with Gasteiger partial charge in [0.1, 0.15) is 5.82 Å². The third-order valence-electron chi connectivity index (χ3n) is 3.24. The van der Waals surface area contributed by atoms with Crippen LogP contribution in [0.15, 0.2) is 18.2 Å². The van der Waals surface area contributed by atoms with Crippen LogP contribution in [0.1, 0.15) is 35.7 Å². The molecule has 0 aliphatic heterocycles. The van der Waals surface area contributed by atoms with Crippen molar-refractivity contribution in [3.63, 3.8) is 0 Å². The van der Waals surface area contributed by atoms with Gasteiger partial charge in [0.05, 0.1) is 0 Å². The maximum atomic E-state index is 12.9. The predicted molar refractivity (Wildman–Crippen MR) is 57.4 cm³/mol. The van der Waals surface area contributed by atoms with Crippen molar-refractivity contribution < 1.29 is 9.18 Å². The molecule has 0 amide bonds. The van der Waals surface area contributed by atoms with E-state index in [0.29, 0.717) is 11.5 Å². The molecule has 0 bridgehead atoms. The zero-order valence-corrected chi connectivity index (χ0v) is 9.09. The van der Waals surface area contributed by atoms with E-state index in [9.17, 15) is 9.18 Å². The highest BCUT2D eigenvalue weighted by atomic mass is 19.1. The Morgan fingerprint density at radius 1 is 1.53 bits per heavy atom. The Morgan fingerprint density at radius 2 is 2.27 bits per heavy atom. The fourth-order valence-electron chi connectivity index (χ4n) is 2.12. The van der Waals surface area contributed by atoms with Crippen LogP contribution in [0.4, 0.5) is 4.39 Å². The van der Waals surface area contributed by atoms with Crippen molar-refractivity contribution in [3.8, 4) is 0 Å². The van der Waals surface area contributed by atoms with Crippen LogP contribution in [0.2, 0.25) is 0 Å². The van der Waals surface area contributed by atoms with Crippen LogP contribution in [0.3, 0.4) is 0 Å². The largest absolute Gasteiger partial charge is 0.294 e. The highest BCUT2D eigenvalue weighted by Crippen LogP contribution is 2.43.